The molecule has 0 saturated heterocycles. The fourth-order valence-electron chi connectivity index (χ4n) is 1.99. The summed E-state index contributed by atoms with van der Waals surface area (Å²) in [7, 11) is 0. The molecule has 6 heteroatoms. The van der Waals surface area contributed by atoms with Crippen molar-refractivity contribution in [2.75, 3.05) is 0 Å². The molecule has 1 amide bonds. The normalized spacial score (nSPS) is 10.7. The van der Waals surface area contributed by atoms with E-state index in [0.29, 0.717) is 17.0 Å². The van der Waals surface area contributed by atoms with Gasteiger partial charge in [0.25, 0.3) is 0 Å². The van der Waals surface area contributed by atoms with Gasteiger partial charge in [0.1, 0.15) is 5.76 Å². The largest absolute Gasteiger partial charge is 0.361 e. The third-order valence-corrected chi connectivity index (χ3v) is 3.35. The molecule has 21 heavy (non-hydrogen) atoms. The molecule has 0 radical (unpaired) electrons. The summed E-state index contributed by atoms with van der Waals surface area (Å²) in [6.45, 7) is 4.88. The van der Waals surface area contributed by atoms with Crippen LogP contribution in [0.15, 0.2) is 16.7 Å². The Labute approximate surface area is 121 Å². The first-order chi connectivity index (χ1) is 9.90. The SMILES string of the molecule is Cc1ccc(CNC(=O)Cc2c(C)noc2C)c(F)c1F. The van der Waals surface area contributed by atoms with E-state index >= 15 is 0 Å². The van der Waals surface area contributed by atoms with Crippen LogP contribution in [0.3, 0.4) is 0 Å². The molecule has 1 aromatic heterocycles. The van der Waals surface area contributed by atoms with Crippen LogP contribution in [0.4, 0.5) is 8.78 Å². The second-order valence-electron chi connectivity index (χ2n) is 4.93. The monoisotopic (exact) mass is 294 g/mol. The molecule has 0 unspecified atom stereocenters. The zero-order chi connectivity index (χ0) is 15.6. The molecule has 4 nitrogen and oxygen atoms in total. The van der Waals surface area contributed by atoms with Gasteiger partial charge in [0.2, 0.25) is 5.91 Å². The van der Waals surface area contributed by atoms with Gasteiger partial charge in [-0.1, -0.05) is 17.3 Å². The van der Waals surface area contributed by atoms with Crippen molar-refractivity contribution in [3.05, 3.63) is 51.9 Å². The van der Waals surface area contributed by atoms with Gasteiger partial charge in [0.15, 0.2) is 11.6 Å². The second kappa shape index (κ2) is 6.03. The van der Waals surface area contributed by atoms with Crippen LogP contribution < -0.4 is 5.32 Å². The number of nitrogens with zero attached hydrogens (tertiary/aromatic N) is 1. The maximum absolute atomic E-state index is 13.7. The quantitative estimate of drug-likeness (QED) is 0.943. The van der Waals surface area contributed by atoms with Crippen molar-refractivity contribution in [1.29, 1.82) is 0 Å². The highest BCUT2D eigenvalue weighted by atomic mass is 19.2. The van der Waals surface area contributed by atoms with Crippen LogP contribution in [0.1, 0.15) is 28.1 Å². The highest BCUT2D eigenvalue weighted by Crippen LogP contribution is 2.16. The van der Waals surface area contributed by atoms with Gasteiger partial charge in [-0.2, -0.15) is 0 Å². The van der Waals surface area contributed by atoms with Gasteiger partial charge in [-0.25, -0.2) is 8.78 Å². The molecule has 0 spiro atoms. The van der Waals surface area contributed by atoms with E-state index in [1.165, 1.54) is 19.1 Å². The molecule has 0 saturated carbocycles. The molecule has 112 valence electrons. The number of halogens is 2. The number of rotatable bonds is 4. The second-order valence-corrected chi connectivity index (χ2v) is 4.93. The van der Waals surface area contributed by atoms with Crippen LogP contribution in [0.5, 0.6) is 0 Å². The smallest absolute Gasteiger partial charge is 0.224 e. The lowest BCUT2D eigenvalue weighted by atomic mass is 10.1. The lowest BCUT2D eigenvalue weighted by Gasteiger charge is -2.08. The summed E-state index contributed by atoms with van der Waals surface area (Å²) in [5.74, 6) is -1.53. The van der Waals surface area contributed by atoms with Gasteiger partial charge >= 0.3 is 0 Å². The number of aromatic nitrogens is 1. The summed E-state index contributed by atoms with van der Waals surface area (Å²) in [6.07, 6.45) is 0.0944. The number of hydrogen-bond donors (Lipinski definition) is 1. The standard InChI is InChI=1S/C15H16F2N2O2/c1-8-4-5-11(15(17)14(8)16)7-18-13(20)6-12-9(2)19-21-10(12)3/h4-5H,6-7H2,1-3H3,(H,18,20). The summed E-state index contributed by atoms with van der Waals surface area (Å²) >= 11 is 0. The van der Waals surface area contributed by atoms with Crippen LogP contribution in [0, 0.1) is 32.4 Å². The number of benzene rings is 1. The third-order valence-electron chi connectivity index (χ3n) is 3.35. The zero-order valence-corrected chi connectivity index (χ0v) is 12.1. The Morgan fingerprint density at radius 3 is 2.57 bits per heavy atom. The highest BCUT2D eigenvalue weighted by molar-refractivity contribution is 5.79. The van der Waals surface area contributed by atoms with Crippen LogP contribution in [0.25, 0.3) is 0 Å². The molecular formula is C15H16F2N2O2. The summed E-state index contributed by atoms with van der Waals surface area (Å²) in [5, 5.41) is 6.32. The van der Waals surface area contributed by atoms with Gasteiger partial charge in [-0.3, -0.25) is 4.79 Å². The van der Waals surface area contributed by atoms with Crippen molar-refractivity contribution in [2.24, 2.45) is 0 Å². The predicted molar refractivity (Wildman–Crippen MR) is 72.6 cm³/mol. The molecule has 0 aliphatic rings. The van der Waals surface area contributed by atoms with Crippen molar-refractivity contribution < 1.29 is 18.1 Å². The van der Waals surface area contributed by atoms with Crippen molar-refractivity contribution in [1.82, 2.24) is 10.5 Å². The highest BCUT2D eigenvalue weighted by Gasteiger charge is 2.15. The van der Waals surface area contributed by atoms with Crippen LogP contribution >= 0.6 is 0 Å². The van der Waals surface area contributed by atoms with Crippen LogP contribution in [-0.4, -0.2) is 11.1 Å². The molecule has 0 aliphatic carbocycles. The zero-order valence-electron chi connectivity index (χ0n) is 12.1. The van der Waals surface area contributed by atoms with Crippen molar-refractivity contribution in [2.45, 2.75) is 33.7 Å². The van der Waals surface area contributed by atoms with E-state index in [1.54, 1.807) is 13.8 Å². The Hall–Kier alpha value is -2.24. The summed E-state index contributed by atoms with van der Waals surface area (Å²) < 4.78 is 32.1. The number of amides is 1. The first kappa shape index (κ1) is 15.2. The van der Waals surface area contributed by atoms with E-state index in [0.717, 1.165) is 0 Å². The average Bonchev–Trinajstić information content (AvgIpc) is 2.76. The van der Waals surface area contributed by atoms with E-state index < -0.39 is 11.6 Å². The third kappa shape index (κ3) is 3.26. The Balaban J connectivity index is 2.01. The molecule has 0 bridgehead atoms. The van der Waals surface area contributed by atoms with Gasteiger partial charge in [0.05, 0.1) is 12.1 Å². The fraction of sp³-hybridized carbons (Fsp3) is 0.333. The first-order valence-corrected chi connectivity index (χ1v) is 6.52. The Morgan fingerprint density at radius 1 is 1.24 bits per heavy atom. The van der Waals surface area contributed by atoms with E-state index in [4.69, 9.17) is 4.52 Å². The van der Waals surface area contributed by atoms with E-state index in [2.05, 4.69) is 10.5 Å². The number of carbonyl (C=O) groups excluding carboxylic acids is 1. The van der Waals surface area contributed by atoms with Crippen molar-refractivity contribution in [3.63, 3.8) is 0 Å². The molecular weight excluding hydrogens is 278 g/mol. The lowest BCUT2D eigenvalue weighted by Crippen LogP contribution is -2.25. The Bertz CT molecular complexity index is 661. The van der Waals surface area contributed by atoms with Gasteiger partial charge in [-0.05, 0) is 26.3 Å². The molecule has 1 N–H and O–H groups in total. The van der Waals surface area contributed by atoms with Gasteiger partial charge < -0.3 is 9.84 Å². The predicted octanol–water partition coefficient (Wildman–Crippen LogP) is 2.74. The number of carbonyl (C=O) groups is 1. The molecule has 2 rings (SSSR count). The summed E-state index contributed by atoms with van der Waals surface area (Å²) in [5.41, 5.74) is 1.71. The number of hydrogen-bond acceptors (Lipinski definition) is 3. The maximum atomic E-state index is 13.7. The molecule has 2 aromatic rings. The molecule has 1 heterocycles. The average molecular weight is 294 g/mol. The number of nitrogens with one attached hydrogen (secondary N) is 1. The molecule has 0 atom stereocenters. The minimum absolute atomic E-state index is 0.0642. The van der Waals surface area contributed by atoms with Crippen molar-refractivity contribution >= 4 is 5.91 Å². The molecule has 1 aromatic carbocycles. The topological polar surface area (TPSA) is 55.1 Å². The van der Waals surface area contributed by atoms with Crippen LogP contribution in [-0.2, 0) is 17.8 Å². The lowest BCUT2D eigenvalue weighted by molar-refractivity contribution is -0.120. The van der Waals surface area contributed by atoms with Gasteiger partial charge in [0, 0.05) is 17.7 Å². The van der Waals surface area contributed by atoms with E-state index in [-0.39, 0.29) is 30.0 Å². The van der Waals surface area contributed by atoms with E-state index in [9.17, 15) is 13.6 Å². The maximum Gasteiger partial charge on any atom is 0.224 e. The summed E-state index contributed by atoms with van der Waals surface area (Å²) in [6, 6.07) is 2.94. The van der Waals surface area contributed by atoms with E-state index in [1.807, 2.05) is 0 Å². The minimum Gasteiger partial charge on any atom is -0.361 e. The Morgan fingerprint density at radius 2 is 1.95 bits per heavy atom. The first-order valence-electron chi connectivity index (χ1n) is 6.52. The minimum atomic E-state index is -0.923. The summed E-state index contributed by atoms with van der Waals surface area (Å²) in [4.78, 5) is 11.9. The van der Waals surface area contributed by atoms with Gasteiger partial charge in [-0.15, -0.1) is 0 Å². The van der Waals surface area contributed by atoms with Crippen LogP contribution in [0.2, 0.25) is 0 Å². The molecule has 0 aliphatic heterocycles. The Kier molecular flexibility index (Phi) is 4.35. The number of aryl methyl sites for hydroxylation is 3. The fourth-order valence-corrected chi connectivity index (χ4v) is 1.99. The molecule has 0 fully saturated rings. The van der Waals surface area contributed by atoms with Crippen molar-refractivity contribution in [3.8, 4) is 0 Å².